The van der Waals surface area contributed by atoms with Gasteiger partial charge in [0.15, 0.2) is 0 Å². The Morgan fingerprint density at radius 3 is 2.07 bits per heavy atom. The van der Waals surface area contributed by atoms with Crippen molar-refractivity contribution in [3.8, 4) is 0 Å². The molecule has 0 heterocycles. The van der Waals surface area contributed by atoms with Crippen LogP contribution in [0.1, 0.15) is 31.0 Å². The Bertz CT molecular complexity index is 908. The number of hydrogen-bond donors (Lipinski definition) is 2. The first-order valence-electron chi connectivity index (χ1n) is 9.41. The average Bonchev–Trinajstić information content (AvgIpc) is 2.67. The molecule has 2 aromatic rings. The predicted octanol–water partition coefficient (Wildman–Crippen LogP) is 3.64. The predicted molar refractivity (Wildman–Crippen MR) is 112 cm³/mol. The number of rotatable bonds is 11. The molecule has 0 aliphatic heterocycles. The molecule has 0 spiro atoms. The Kier molecular flexibility index (Phi) is 8.58. The van der Waals surface area contributed by atoms with Crippen molar-refractivity contribution in [3.63, 3.8) is 0 Å². The van der Waals surface area contributed by atoms with Gasteiger partial charge >= 0.3 is 7.60 Å². The maximum Gasteiger partial charge on any atom is 0.333 e. The first-order chi connectivity index (χ1) is 13.7. The summed E-state index contributed by atoms with van der Waals surface area (Å²) in [7, 11) is -7.51. The van der Waals surface area contributed by atoms with Crippen LogP contribution in [0.15, 0.2) is 59.5 Å². The van der Waals surface area contributed by atoms with E-state index in [4.69, 9.17) is 9.05 Å². The minimum absolute atomic E-state index is 0.0778. The second-order valence-corrected chi connectivity index (χ2v) is 10.3. The normalized spacial score (nSPS) is 14.5. The monoisotopic (exact) mass is 441 g/mol. The number of aliphatic hydroxyl groups excluding tert-OH is 1. The zero-order valence-electron chi connectivity index (χ0n) is 16.8. The molecule has 0 unspecified atom stereocenters. The maximum absolute atomic E-state index is 12.9. The van der Waals surface area contributed by atoms with Gasteiger partial charge in [-0.2, -0.15) is 0 Å². The number of nitrogens with one attached hydrogen (secondary N) is 1. The summed E-state index contributed by atoms with van der Waals surface area (Å²) >= 11 is 0. The molecule has 0 radical (unpaired) electrons. The molecular formula is C20H28NO6PS. The minimum Gasteiger partial charge on any atom is -0.390 e. The maximum atomic E-state index is 12.9. The molecule has 0 aliphatic rings. The molecule has 0 saturated heterocycles. The molecule has 0 bridgehead atoms. The van der Waals surface area contributed by atoms with Crippen LogP contribution in [0.3, 0.4) is 0 Å². The summed E-state index contributed by atoms with van der Waals surface area (Å²) in [5.74, 6) is 0. The molecule has 0 aliphatic carbocycles. The molecule has 2 rings (SSSR count). The Balaban J connectivity index is 2.35. The van der Waals surface area contributed by atoms with Gasteiger partial charge in [-0.05, 0) is 38.5 Å². The Hall–Kier alpha value is -1.54. The van der Waals surface area contributed by atoms with Crippen molar-refractivity contribution in [2.24, 2.45) is 0 Å². The Morgan fingerprint density at radius 2 is 1.55 bits per heavy atom. The third-order valence-corrected chi connectivity index (χ3v) is 7.80. The van der Waals surface area contributed by atoms with Gasteiger partial charge in [-0.25, -0.2) is 13.1 Å². The molecule has 0 amide bonds. The molecule has 29 heavy (non-hydrogen) atoms. The highest BCUT2D eigenvalue weighted by atomic mass is 32.2. The van der Waals surface area contributed by atoms with Gasteiger partial charge < -0.3 is 14.2 Å². The third-order valence-electron chi connectivity index (χ3n) is 4.22. The number of hydrogen-bond acceptors (Lipinski definition) is 6. The molecule has 160 valence electrons. The second-order valence-electron chi connectivity index (χ2n) is 6.52. The molecule has 0 aromatic heterocycles. The summed E-state index contributed by atoms with van der Waals surface area (Å²) in [4.78, 5) is 0.0778. The van der Waals surface area contributed by atoms with Crippen molar-refractivity contribution in [1.29, 1.82) is 0 Å². The lowest BCUT2D eigenvalue weighted by Crippen LogP contribution is -2.38. The Labute approximate surface area is 172 Å². The molecule has 2 N–H and O–H groups in total. The van der Waals surface area contributed by atoms with Crippen LogP contribution in [0.2, 0.25) is 0 Å². The lowest BCUT2D eigenvalue weighted by molar-refractivity contribution is 0.141. The third kappa shape index (κ3) is 6.74. The SMILES string of the molecule is CCOP(=O)(C[C@H](O)[C@@H](NS(=O)(=O)c1ccc(C)cc1)c1ccccc1)OCC. The van der Waals surface area contributed by atoms with E-state index in [-0.39, 0.29) is 24.3 Å². The van der Waals surface area contributed by atoms with Gasteiger partial charge in [0.05, 0.1) is 36.4 Å². The highest BCUT2D eigenvalue weighted by molar-refractivity contribution is 7.89. The molecule has 9 heteroatoms. The number of sulfonamides is 1. The molecule has 0 saturated carbocycles. The van der Waals surface area contributed by atoms with E-state index < -0.39 is 29.8 Å². The summed E-state index contributed by atoms with van der Waals surface area (Å²) in [5, 5.41) is 10.8. The fourth-order valence-electron chi connectivity index (χ4n) is 2.85. The van der Waals surface area contributed by atoms with Crippen LogP contribution in [0.5, 0.6) is 0 Å². The van der Waals surface area contributed by atoms with E-state index in [0.717, 1.165) is 5.56 Å². The quantitative estimate of drug-likeness (QED) is 0.516. The summed E-state index contributed by atoms with van der Waals surface area (Å²) in [5.41, 5.74) is 1.47. The van der Waals surface area contributed by atoms with E-state index in [0.29, 0.717) is 5.56 Å². The van der Waals surface area contributed by atoms with Crippen molar-refractivity contribution in [2.75, 3.05) is 19.4 Å². The number of benzene rings is 2. The van der Waals surface area contributed by atoms with E-state index in [1.165, 1.54) is 12.1 Å². The van der Waals surface area contributed by atoms with Crippen molar-refractivity contribution >= 4 is 17.6 Å². The van der Waals surface area contributed by atoms with Crippen molar-refractivity contribution in [3.05, 3.63) is 65.7 Å². The Morgan fingerprint density at radius 1 is 1.00 bits per heavy atom. The number of aryl methyl sites for hydroxylation is 1. The van der Waals surface area contributed by atoms with Crippen LogP contribution in [0, 0.1) is 6.92 Å². The van der Waals surface area contributed by atoms with Crippen molar-refractivity contribution < 1.29 is 27.1 Å². The van der Waals surface area contributed by atoms with Gasteiger partial charge in [-0.15, -0.1) is 0 Å². The van der Waals surface area contributed by atoms with Crippen LogP contribution in [-0.4, -0.2) is 39.0 Å². The van der Waals surface area contributed by atoms with Gasteiger partial charge in [-0.3, -0.25) is 4.57 Å². The van der Waals surface area contributed by atoms with E-state index in [1.54, 1.807) is 56.3 Å². The standard InChI is InChI=1S/C20H28NO6PS/c1-4-26-28(23,27-5-2)15-19(22)20(17-9-7-6-8-10-17)21-29(24,25)18-13-11-16(3)12-14-18/h6-14,19-22H,4-5,15H2,1-3H3/t19-,20-/m0/s1. The van der Waals surface area contributed by atoms with Crippen LogP contribution in [-0.2, 0) is 23.6 Å². The van der Waals surface area contributed by atoms with E-state index in [9.17, 15) is 18.1 Å². The first-order valence-corrected chi connectivity index (χ1v) is 12.6. The lowest BCUT2D eigenvalue weighted by atomic mass is 10.0. The van der Waals surface area contributed by atoms with E-state index in [1.807, 2.05) is 6.92 Å². The molecule has 2 aromatic carbocycles. The first kappa shape index (κ1) is 23.7. The minimum atomic E-state index is -3.93. The van der Waals surface area contributed by atoms with Gasteiger partial charge in [0.25, 0.3) is 0 Å². The van der Waals surface area contributed by atoms with Crippen LogP contribution >= 0.6 is 7.60 Å². The zero-order chi connectivity index (χ0) is 21.5. The topological polar surface area (TPSA) is 102 Å². The second kappa shape index (κ2) is 10.5. The van der Waals surface area contributed by atoms with Crippen LogP contribution in [0.25, 0.3) is 0 Å². The fraction of sp³-hybridized carbons (Fsp3) is 0.400. The summed E-state index contributed by atoms with van der Waals surface area (Å²) in [6.45, 7) is 5.50. The van der Waals surface area contributed by atoms with Gasteiger partial charge in [0.1, 0.15) is 0 Å². The van der Waals surface area contributed by atoms with Gasteiger partial charge in [0.2, 0.25) is 10.0 Å². The average molecular weight is 441 g/mol. The molecular weight excluding hydrogens is 413 g/mol. The lowest BCUT2D eigenvalue weighted by Gasteiger charge is -2.27. The van der Waals surface area contributed by atoms with Gasteiger partial charge in [-0.1, -0.05) is 48.0 Å². The summed E-state index contributed by atoms with van der Waals surface area (Å²) in [6.07, 6.45) is -1.67. The molecule has 2 atom stereocenters. The summed E-state index contributed by atoms with van der Waals surface area (Å²) < 4.78 is 51.7. The van der Waals surface area contributed by atoms with Crippen molar-refractivity contribution in [1.82, 2.24) is 4.72 Å². The van der Waals surface area contributed by atoms with E-state index in [2.05, 4.69) is 4.72 Å². The number of aliphatic hydroxyl groups is 1. The van der Waals surface area contributed by atoms with Crippen molar-refractivity contribution in [2.45, 2.75) is 37.8 Å². The molecule has 7 nitrogen and oxygen atoms in total. The largest absolute Gasteiger partial charge is 0.390 e. The summed E-state index contributed by atoms with van der Waals surface area (Å²) in [6, 6.07) is 14.0. The zero-order valence-corrected chi connectivity index (χ0v) is 18.5. The van der Waals surface area contributed by atoms with Crippen LogP contribution in [0.4, 0.5) is 0 Å². The smallest absolute Gasteiger partial charge is 0.333 e. The fourth-order valence-corrected chi connectivity index (χ4v) is 5.85. The van der Waals surface area contributed by atoms with E-state index >= 15 is 0 Å². The highest BCUT2D eigenvalue weighted by Gasteiger charge is 2.35. The van der Waals surface area contributed by atoms with Crippen LogP contribution < -0.4 is 4.72 Å². The van der Waals surface area contributed by atoms with Gasteiger partial charge in [0, 0.05) is 0 Å². The molecule has 0 fully saturated rings. The highest BCUT2D eigenvalue weighted by Crippen LogP contribution is 2.49.